The lowest BCUT2D eigenvalue weighted by molar-refractivity contribution is 0.164. The standard InChI is InChI=1S/C11H14OS/c1-3-11(4-2)12-9-7-5-6-8-10(9)13-11/h5-8H,3-4H2,1-2H3. The van der Waals surface area contributed by atoms with Crippen LogP contribution in [0.5, 0.6) is 5.75 Å². The lowest BCUT2D eigenvalue weighted by Crippen LogP contribution is -2.26. The third-order valence-electron chi connectivity index (χ3n) is 2.52. The van der Waals surface area contributed by atoms with Gasteiger partial charge in [0.25, 0.3) is 0 Å². The lowest BCUT2D eigenvalue weighted by atomic mass is 10.2. The molecule has 2 heteroatoms. The molecule has 0 unspecified atom stereocenters. The number of ether oxygens (including phenoxy) is 1. The Hall–Kier alpha value is -0.630. The van der Waals surface area contributed by atoms with E-state index in [2.05, 4.69) is 32.0 Å². The maximum Gasteiger partial charge on any atom is 0.158 e. The second-order valence-corrected chi connectivity index (χ2v) is 4.66. The highest BCUT2D eigenvalue weighted by Gasteiger charge is 2.36. The van der Waals surface area contributed by atoms with Gasteiger partial charge in [-0.15, -0.1) is 0 Å². The zero-order chi connectivity index (χ0) is 9.31. The minimum absolute atomic E-state index is 0.00366. The summed E-state index contributed by atoms with van der Waals surface area (Å²) in [5, 5.41) is 0. The van der Waals surface area contributed by atoms with Gasteiger partial charge in [0.1, 0.15) is 5.75 Å². The van der Waals surface area contributed by atoms with E-state index in [1.165, 1.54) is 4.90 Å². The number of fused-ring (bicyclic) bond motifs is 1. The SMILES string of the molecule is CCC1(CC)Oc2ccccc2S1. The van der Waals surface area contributed by atoms with Gasteiger partial charge in [-0.1, -0.05) is 37.7 Å². The first kappa shape index (κ1) is 8.95. The Kier molecular flexibility index (Phi) is 2.24. The van der Waals surface area contributed by atoms with Crippen molar-refractivity contribution in [2.24, 2.45) is 0 Å². The zero-order valence-electron chi connectivity index (χ0n) is 8.04. The number of thioether (sulfide) groups is 1. The maximum atomic E-state index is 5.96. The van der Waals surface area contributed by atoms with Gasteiger partial charge in [-0.25, -0.2) is 0 Å². The Labute approximate surface area is 83.5 Å². The van der Waals surface area contributed by atoms with Gasteiger partial charge in [-0.2, -0.15) is 0 Å². The highest BCUT2D eigenvalue weighted by atomic mass is 32.2. The number of benzene rings is 1. The monoisotopic (exact) mass is 194 g/mol. The van der Waals surface area contributed by atoms with E-state index in [0.717, 1.165) is 18.6 Å². The molecule has 0 fully saturated rings. The first-order valence-corrected chi connectivity index (χ1v) is 5.58. The molecule has 1 aliphatic rings. The number of hydrogen-bond acceptors (Lipinski definition) is 2. The second-order valence-electron chi connectivity index (χ2n) is 3.27. The summed E-state index contributed by atoms with van der Waals surface area (Å²) in [7, 11) is 0. The molecule has 1 heterocycles. The van der Waals surface area contributed by atoms with E-state index in [-0.39, 0.29) is 4.93 Å². The van der Waals surface area contributed by atoms with Crippen LogP contribution in [-0.2, 0) is 0 Å². The number of hydrogen-bond donors (Lipinski definition) is 0. The van der Waals surface area contributed by atoms with Crippen LogP contribution in [0.25, 0.3) is 0 Å². The molecule has 0 aromatic heterocycles. The summed E-state index contributed by atoms with van der Waals surface area (Å²) >= 11 is 1.86. The summed E-state index contributed by atoms with van der Waals surface area (Å²) < 4.78 is 5.96. The van der Waals surface area contributed by atoms with Crippen LogP contribution in [0, 0.1) is 0 Å². The van der Waals surface area contributed by atoms with E-state index in [1.54, 1.807) is 0 Å². The molecular formula is C11H14OS. The largest absolute Gasteiger partial charge is 0.475 e. The third-order valence-corrected chi connectivity index (χ3v) is 4.11. The minimum Gasteiger partial charge on any atom is -0.475 e. The van der Waals surface area contributed by atoms with Gasteiger partial charge in [0.15, 0.2) is 4.93 Å². The van der Waals surface area contributed by atoms with Crippen LogP contribution < -0.4 is 4.74 Å². The van der Waals surface area contributed by atoms with E-state index in [1.807, 2.05) is 17.8 Å². The summed E-state index contributed by atoms with van der Waals surface area (Å²) in [6.07, 6.45) is 2.12. The van der Waals surface area contributed by atoms with Crippen LogP contribution >= 0.6 is 11.8 Å². The average Bonchev–Trinajstić information content (AvgIpc) is 2.57. The predicted molar refractivity (Wildman–Crippen MR) is 56.2 cm³/mol. The third kappa shape index (κ3) is 1.44. The van der Waals surface area contributed by atoms with Gasteiger partial charge < -0.3 is 4.74 Å². The van der Waals surface area contributed by atoms with E-state index >= 15 is 0 Å². The van der Waals surface area contributed by atoms with Gasteiger partial charge in [0.2, 0.25) is 0 Å². The van der Waals surface area contributed by atoms with Gasteiger partial charge in [-0.3, -0.25) is 0 Å². The van der Waals surface area contributed by atoms with Crippen molar-refractivity contribution in [3.05, 3.63) is 24.3 Å². The van der Waals surface area contributed by atoms with E-state index in [9.17, 15) is 0 Å². The molecule has 0 saturated heterocycles. The van der Waals surface area contributed by atoms with Crippen LogP contribution in [0.3, 0.4) is 0 Å². The first-order valence-electron chi connectivity index (χ1n) is 4.77. The molecular weight excluding hydrogens is 180 g/mol. The minimum atomic E-state index is 0.00366. The van der Waals surface area contributed by atoms with E-state index in [4.69, 9.17) is 4.74 Å². The Morgan fingerprint density at radius 2 is 1.92 bits per heavy atom. The van der Waals surface area contributed by atoms with Crippen molar-refractivity contribution in [3.63, 3.8) is 0 Å². The lowest BCUT2D eigenvalue weighted by Gasteiger charge is -2.24. The summed E-state index contributed by atoms with van der Waals surface area (Å²) in [5.41, 5.74) is 0. The van der Waals surface area contributed by atoms with Gasteiger partial charge >= 0.3 is 0 Å². The van der Waals surface area contributed by atoms with Gasteiger partial charge in [0.05, 0.1) is 4.90 Å². The molecule has 1 nitrogen and oxygen atoms in total. The summed E-state index contributed by atoms with van der Waals surface area (Å²) in [6.45, 7) is 4.37. The summed E-state index contributed by atoms with van der Waals surface area (Å²) in [5.74, 6) is 1.05. The maximum absolute atomic E-state index is 5.96. The first-order chi connectivity index (χ1) is 6.29. The summed E-state index contributed by atoms with van der Waals surface area (Å²) in [4.78, 5) is 1.29. The molecule has 1 aliphatic heterocycles. The highest BCUT2D eigenvalue weighted by Crippen LogP contribution is 2.50. The fourth-order valence-corrected chi connectivity index (χ4v) is 2.76. The molecule has 0 atom stereocenters. The molecule has 0 bridgehead atoms. The predicted octanol–water partition coefficient (Wildman–Crippen LogP) is 3.69. The molecule has 13 heavy (non-hydrogen) atoms. The molecule has 0 saturated carbocycles. The van der Waals surface area contributed by atoms with Gasteiger partial charge in [0, 0.05) is 0 Å². The molecule has 0 radical (unpaired) electrons. The van der Waals surface area contributed by atoms with E-state index < -0.39 is 0 Å². The zero-order valence-corrected chi connectivity index (χ0v) is 8.86. The smallest absolute Gasteiger partial charge is 0.158 e. The quantitative estimate of drug-likeness (QED) is 0.710. The van der Waals surface area contributed by atoms with Crippen molar-refractivity contribution in [2.45, 2.75) is 36.5 Å². The van der Waals surface area contributed by atoms with Crippen LogP contribution in [0.1, 0.15) is 26.7 Å². The normalized spacial score (nSPS) is 18.0. The highest BCUT2D eigenvalue weighted by molar-refractivity contribution is 8.00. The van der Waals surface area contributed by atoms with Gasteiger partial charge in [-0.05, 0) is 25.0 Å². The van der Waals surface area contributed by atoms with Crippen molar-refractivity contribution in [3.8, 4) is 5.75 Å². The fraction of sp³-hybridized carbons (Fsp3) is 0.455. The molecule has 0 amide bonds. The molecule has 1 aromatic rings. The molecule has 0 aliphatic carbocycles. The van der Waals surface area contributed by atoms with Crippen LogP contribution in [-0.4, -0.2) is 4.93 Å². The van der Waals surface area contributed by atoms with Crippen molar-refractivity contribution >= 4 is 11.8 Å². The molecule has 0 spiro atoms. The fourth-order valence-electron chi connectivity index (χ4n) is 1.58. The molecule has 70 valence electrons. The number of rotatable bonds is 2. The second kappa shape index (κ2) is 3.26. The Balaban J connectivity index is 2.30. The Bertz CT molecular complexity index is 278. The van der Waals surface area contributed by atoms with Crippen LogP contribution in [0.15, 0.2) is 29.2 Å². The summed E-state index contributed by atoms with van der Waals surface area (Å²) in [6, 6.07) is 8.28. The molecule has 1 aromatic carbocycles. The Morgan fingerprint density at radius 1 is 1.23 bits per heavy atom. The van der Waals surface area contributed by atoms with Crippen molar-refractivity contribution in [1.82, 2.24) is 0 Å². The van der Waals surface area contributed by atoms with Crippen molar-refractivity contribution in [1.29, 1.82) is 0 Å². The molecule has 0 N–H and O–H groups in total. The Morgan fingerprint density at radius 3 is 2.54 bits per heavy atom. The van der Waals surface area contributed by atoms with Crippen molar-refractivity contribution < 1.29 is 4.74 Å². The number of para-hydroxylation sites is 1. The van der Waals surface area contributed by atoms with Crippen LogP contribution in [0.4, 0.5) is 0 Å². The van der Waals surface area contributed by atoms with Crippen molar-refractivity contribution in [2.75, 3.05) is 0 Å². The van der Waals surface area contributed by atoms with E-state index in [0.29, 0.717) is 0 Å². The topological polar surface area (TPSA) is 9.23 Å². The van der Waals surface area contributed by atoms with Crippen LogP contribution in [0.2, 0.25) is 0 Å². The average molecular weight is 194 g/mol. The molecule has 2 rings (SSSR count).